The zero-order valence-corrected chi connectivity index (χ0v) is 9.28. The van der Waals surface area contributed by atoms with Crippen LogP contribution in [0.4, 0.5) is 11.7 Å². The molecule has 0 unspecified atom stereocenters. The van der Waals surface area contributed by atoms with Gasteiger partial charge in [-0.05, 0) is 23.8 Å². The van der Waals surface area contributed by atoms with E-state index in [0.29, 0.717) is 18.2 Å². The molecule has 0 fully saturated rings. The highest BCUT2D eigenvalue weighted by atomic mass is 16.4. The molecule has 5 nitrogen and oxygen atoms in total. The molecule has 0 saturated heterocycles. The van der Waals surface area contributed by atoms with E-state index in [4.69, 9.17) is 4.42 Å². The van der Waals surface area contributed by atoms with Gasteiger partial charge in [-0.3, -0.25) is 4.79 Å². The maximum absolute atomic E-state index is 11.2. The molecule has 1 amide bonds. The molecule has 0 spiro atoms. The summed E-state index contributed by atoms with van der Waals surface area (Å²) in [4.78, 5) is 15.3. The van der Waals surface area contributed by atoms with Gasteiger partial charge in [0.15, 0.2) is 5.76 Å². The van der Waals surface area contributed by atoms with E-state index in [9.17, 15) is 4.79 Å². The summed E-state index contributed by atoms with van der Waals surface area (Å²) in [5.74, 6) is 0.724. The molecule has 17 heavy (non-hydrogen) atoms. The Kier molecular flexibility index (Phi) is 2.11. The fraction of sp³-hybridized carbons (Fsp3) is 0.167. The van der Waals surface area contributed by atoms with Crippen molar-refractivity contribution < 1.29 is 9.21 Å². The minimum atomic E-state index is 0.0330. The number of amides is 1. The number of carbonyl (C=O) groups is 1. The van der Waals surface area contributed by atoms with Crippen LogP contribution in [0.3, 0.4) is 0 Å². The first-order chi connectivity index (χ1) is 8.26. The molecule has 1 aromatic heterocycles. The van der Waals surface area contributed by atoms with Crippen molar-refractivity contribution in [1.29, 1.82) is 0 Å². The monoisotopic (exact) mass is 229 g/mol. The Morgan fingerprint density at radius 3 is 3.12 bits per heavy atom. The van der Waals surface area contributed by atoms with Crippen molar-refractivity contribution in [3.05, 3.63) is 30.0 Å². The third kappa shape index (κ3) is 1.65. The molecule has 2 heterocycles. The fourth-order valence-corrected chi connectivity index (χ4v) is 1.91. The lowest BCUT2D eigenvalue weighted by Crippen LogP contribution is -2.03. The van der Waals surface area contributed by atoms with Gasteiger partial charge in [0.25, 0.3) is 6.01 Å². The smallest absolute Gasteiger partial charge is 0.294 e. The second-order valence-corrected chi connectivity index (χ2v) is 3.88. The molecule has 2 N–H and O–H groups in total. The molecule has 0 saturated carbocycles. The van der Waals surface area contributed by atoms with Gasteiger partial charge < -0.3 is 15.1 Å². The van der Waals surface area contributed by atoms with Crippen LogP contribution in [0.5, 0.6) is 0 Å². The topological polar surface area (TPSA) is 67.2 Å². The Balaban J connectivity index is 1.99. The van der Waals surface area contributed by atoms with E-state index in [0.717, 1.165) is 16.8 Å². The predicted octanol–water partition coefficient (Wildman–Crippen LogP) is 1.88. The maximum atomic E-state index is 11.2. The van der Waals surface area contributed by atoms with E-state index in [1.54, 1.807) is 13.2 Å². The van der Waals surface area contributed by atoms with Gasteiger partial charge in [0.05, 0.1) is 12.6 Å². The molecule has 1 aliphatic rings. The van der Waals surface area contributed by atoms with Gasteiger partial charge in [0.2, 0.25) is 5.91 Å². The summed E-state index contributed by atoms with van der Waals surface area (Å²) in [7, 11) is 1.75. The highest BCUT2D eigenvalue weighted by Gasteiger charge is 2.18. The standard InChI is InChI=1S/C12H11N3O2/c1-13-12-14-6-10(17-12)7-2-3-9-8(4-7)5-11(16)15-9/h2-4,6H,5H2,1H3,(H,13,14)(H,15,16). The predicted molar refractivity (Wildman–Crippen MR) is 63.8 cm³/mol. The van der Waals surface area contributed by atoms with Crippen LogP contribution in [0, 0.1) is 0 Å². The second kappa shape index (κ2) is 3.62. The third-order valence-corrected chi connectivity index (χ3v) is 2.73. The molecule has 2 aromatic rings. The van der Waals surface area contributed by atoms with Crippen molar-refractivity contribution in [2.75, 3.05) is 17.7 Å². The summed E-state index contributed by atoms with van der Waals surface area (Å²) in [5.41, 5.74) is 2.80. The minimum absolute atomic E-state index is 0.0330. The molecule has 5 heteroatoms. The first-order valence-corrected chi connectivity index (χ1v) is 5.33. The van der Waals surface area contributed by atoms with Gasteiger partial charge >= 0.3 is 0 Å². The highest BCUT2D eigenvalue weighted by molar-refractivity contribution is 5.99. The molecular formula is C12H11N3O2. The van der Waals surface area contributed by atoms with E-state index in [2.05, 4.69) is 15.6 Å². The van der Waals surface area contributed by atoms with Crippen LogP contribution in [0.25, 0.3) is 11.3 Å². The van der Waals surface area contributed by atoms with Gasteiger partial charge in [-0.25, -0.2) is 4.98 Å². The number of hydrogen-bond donors (Lipinski definition) is 2. The van der Waals surface area contributed by atoms with E-state index in [1.165, 1.54) is 0 Å². The third-order valence-electron chi connectivity index (χ3n) is 2.73. The summed E-state index contributed by atoms with van der Waals surface area (Å²) >= 11 is 0. The first kappa shape index (κ1) is 9.89. The number of carbonyl (C=O) groups excluding carboxylic acids is 1. The lowest BCUT2D eigenvalue weighted by atomic mass is 10.1. The zero-order valence-electron chi connectivity index (χ0n) is 9.28. The number of rotatable bonds is 2. The average molecular weight is 229 g/mol. The van der Waals surface area contributed by atoms with E-state index in [-0.39, 0.29) is 5.91 Å². The number of nitrogens with zero attached hydrogens (tertiary/aromatic N) is 1. The molecule has 1 aromatic carbocycles. The van der Waals surface area contributed by atoms with Crippen LogP contribution >= 0.6 is 0 Å². The van der Waals surface area contributed by atoms with Crippen molar-refractivity contribution in [2.45, 2.75) is 6.42 Å². The second-order valence-electron chi connectivity index (χ2n) is 3.88. The summed E-state index contributed by atoms with van der Waals surface area (Å²) in [6.45, 7) is 0. The normalized spacial score (nSPS) is 13.4. The molecular weight excluding hydrogens is 218 g/mol. The average Bonchev–Trinajstić information content (AvgIpc) is 2.92. The van der Waals surface area contributed by atoms with Crippen molar-refractivity contribution in [3.8, 4) is 11.3 Å². The molecule has 86 valence electrons. The zero-order chi connectivity index (χ0) is 11.8. The number of hydrogen-bond acceptors (Lipinski definition) is 4. The van der Waals surface area contributed by atoms with Crippen molar-refractivity contribution in [2.24, 2.45) is 0 Å². The van der Waals surface area contributed by atoms with Gasteiger partial charge in [0, 0.05) is 18.3 Å². The van der Waals surface area contributed by atoms with Crippen LogP contribution in [0.1, 0.15) is 5.56 Å². The Hall–Kier alpha value is -2.30. The lowest BCUT2D eigenvalue weighted by molar-refractivity contribution is -0.115. The number of oxazole rings is 1. The fourth-order valence-electron chi connectivity index (χ4n) is 1.91. The highest BCUT2D eigenvalue weighted by Crippen LogP contribution is 2.29. The molecule has 0 atom stereocenters. The molecule has 0 radical (unpaired) electrons. The van der Waals surface area contributed by atoms with Crippen LogP contribution in [-0.4, -0.2) is 17.9 Å². The Labute approximate surface area is 97.9 Å². The van der Waals surface area contributed by atoms with E-state index >= 15 is 0 Å². The van der Waals surface area contributed by atoms with Gasteiger partial charge in [0.1, 0.15) is 0 Å². The molecule has 1 aliphatic heterocycles. The first-order valence-electron chi connectivity index (χ1n) is 5.33. The maximum Gasteiger partial charge on any atom is 0.294 e. The quantitative estimate of drug-likeness (QED) is 0.825. The minimum Gasteiger partial charge on any atom is -0.424 e. The Bertz CT molecular complexity index is 589. The van der Waals surface area contributed by atoms with Gasteiger partial charge in [-0.1, -0.05) is 0 Å². The number of aromatic nitrogens is 1. The van der Waals surface area contributed by atoms with Crippen LogP contribution in [0.15, 0.2) is 28.8 Å². The number of fused-ring (bicyclic) bond motifs is 1. The van der Waals surface area contributed by atoms with Crippen molar-refractivity contribution in [1.82, 2.24) is 4.98 Å². The van der Waals surface area contributed by atoms with Crippen LogP contribution in [0.2, 0.25) is 0 Å². The van der Waals surface area contributed by atoms with Gasteiger partial charge in [-0.2, -0.15) is 0 Å². The molecule has 0 aliphatic carbocycles. The Morgan fingerprint density at radius 1 is 1.47 bits per heavy atom. The molecule has 3 rings (SSSR count). The summed E-state index contributed by atoms with van der Waals surface area (Å²) in [5, 5.41) is 5.63. The van der Waals surface area contributed by atoms with Crippen molar-refractivity contribution in [3.63, 3.8) is 0 Å². The summed E-state index contributed by atoms with van der Waals surface area (Å²) in [6.07, 6.45) is 2.09. The van der Waals surface area contributed by atoms with E-state index in [1.807, 2.05) is 18.2 Å². The van der Waals surface area contributed by atoms with Crippen LogP contribution in [-0.2, 0) is 11.2 Å². The summed E-state index contributed by atoms with van der Waals surface area (Å²) < 4.78 is 5.48. The number of benzene rings is 1. The Morgan fingerprint density at radius 2 is 2.35 bits per heavy atom. The number of anilines is 2. The molecule has 0 bridgehead atoms. The summed E-state index contributed by atoms with van der Waals surface area (Å²) in [6, 6.07) is 6.23. The van der Waals surface area contributed by atoms with E-state index < -0.39 is 0 Å². The number of nitrogens with one attached hydrogen (secondary N) is 2. The van der Waals surface area contributed by atoms with Crippen LogP contribution < -0.4 is 10.6 Å². The lowest BCUT2D eigenvalue weighted by Gasteiger charge is -2.00. The van der Waals surface area contributed by atoms with Gasteiger partial charge in [-0.15, -0.1) is 0 Å². The van der Waals surface area contributed by atoms with Crippen molar-refractivity contribution >= 4 is 17.6 Å². The largest absolute Gasteiger partial charge is 0.424 e. The SMILES string of the molecule is CNc1ncc(-c2ccc3c(c2)CC(=O)N3)o1.